The molecule has 5 nitrogen and oxygen atoms in total. The SMILES string of the molecule is COCc1cnc2c(B3OC(C)(C)C(C)(C)O3)cc(C(F)(F)F)cc2n1. The zero-order valence-corrected chi connectivity index (χ0v) is 15.3. The summed E-state index contributed by atoms with van der Waals surface area (Å²) in [6.07, 6.45) is -3.04. The lowest BCUT2D eigenvalue weighted by atomic mass is 9.77. The minimum absolute atomic E-state index is 0.124. The van der Waals surface area contributed by atoms with E-state index in [9.17, 15) is 13.2 Å². The molecule has 1 saturated heterocycles. The molecular weight excluding hydrogens is 348 g/mol. The Kier molecular flexibility index (Phi) is 4.53. The van der Waals surface area contributed by atoms with Crippen LogP contribution in [-0.2, 0) is 26.8 Å². The first-order valence-corrected chi connectivity index (χ1v) is 8.16. The highest BCUT2D eigenvalue weighted by Crippen LogP contribution is 2.38. The van der Waals surface area contributed by atoms with E-state index in [-0.39, 0.29) is 17.6 Å². The molecule has 0 amide bonds. The van der Waals surface area contributed by atoms with Gasteiger partial charge in [-0.3, -0.25) is 4.98 Å². The quantitative estimate of drug-likeness (QED) is 0.780. The van der Waals surface area contributed by atoms with Crippen molar-refractivity contribution in [3.8, 4) is 0 Å². The minimum Gasteiger partial charge on any atom is -0.399 e. The maximum atomic E-state index is 13.4. The number of ether oxygens (including phenoxy) is 1. The first-order chi connectivity index (χ1) is 11.9. The number of nitrogens with zero attached hydrogens (tertiary/aromatic N) is 2. The Balaban J connectivity index is 2.17. The molecule has 0 aliphatic carbocycles. The predicted octanol–water partition coefficient (Wildman–Crippen LogP) is 3.09. The Hall–Kier alpha value is -1.71. The number of halogens is 3. The van der Waals surface area contributed by atoms with Gasteiger partial charge in [0.15, 0.2) is 0 Å². The van der Waals surface area contributed by atoms with Gasteiger partial charge in [0.1, 0.15) is 0 Å². The number of aromatic nitrogens is 2. The molecule has 1 fully saturated rings. The van der Waals surface area contributed by atoms with Crippen LogP contribution in [0.25, 0.3) is 11.0 Å². The Labute approximate surface area is 150 Å². The van der Waals surface area contributed by atoms with Gasteiger partial charge in [0.25, 0.3) is 0 Å². The molecule has 0 spiro atoms. The zero-order valence-electron chi connectivity index (χ0n) is 15.3. The molecule has 9 heteroatoms. The summed E-state index contributed by atoms with van der Waals surface area (Å²) < 4.78 is 57.0. The van der Waals surface area contributed by atoms with Gasteiger partial charge in [-0.25, -0.2) is 4.98 Å². The minimum atomic E-state index is -4.52. The van der Waals surface area contributed by atoms with E-state index >= 15 is 0 Å². The number of alkyl halides is 3. The molecule has 0 radical (unpaired) electrons. The van der Waals surface area contributed by atoms with Crippen molar-refractivity contribution in [3.05, 3.63) is 29.6 Å². The van der Waals surface area contributed by atoms with Gasteiger partial charge in [0, 0.05) is 12.6 Å². The molecule has 2 heterocycles. The van der Waals surface area contributed by atoms with Gasteiger partial charge in [-0.2, -0.15) is 13.2 Å². The number of hydrogen-bond donors (Lipinski definition) is 0. The summed E-state index contributed by atoms with van der Waals surface area (Å²) in [7, 11) is 0.515. The predicted molar refractivity (Wildman–Crippen MR) is 91.0 cm³/mol. The average molecular weight is 368 g/mol. The molecule has 0 bridgehead atoms. The van der Waals surface area contributed by atoms with Crippen LogP contribution in [0.2, 0.25) is 0 Å². The number of hydrogen-bond acceptors (Lipinski definition) is 5. The van der Waals surface area contributed by atoms with Gasteiger partial charge in [-0.15, -0.1) is 0 Å². The summed E-state index contributed by atoms with van der Waals surface area (Å²) in [4.78, 5) is 8.54. The van der Waals surface area contributed by atoms with Crippen molar-refractivity contribution in [2.24, 2.45) is 0 Å². The Morgan fingerprint density at radius 3 is 2.27 bits per heavy atom. The van der Waals surface area contributed by atoms with Crippen LogP contribution in [-0.4, -0.2) is 35.4 Å². The van der Waals surface area contributed by atoms with Gasteiger partial charge in [-0.05, 0) is 39.8 Å². The van der Waals surface area contributed by atoms with Crippen LogP contribution in [0.5, 0.6) is 0 Å². The zero-order chi connectivity index (χ0) is 19.3. The van der Waals surface area contributed by atoms with Crippen LogP contribution >= 0.6 is 0 Å². The lowest BCUT2D eigenvalue weighted by Crippen LogP contribution is -2.41. The lowest BCUT2D eigenvalue weighted by Gasteiger charge is -2.32. The molecule has 0 unspecified atom stereocenters. The van der Waals surface area contributed by atoms with E-state index in [1.807, 2.05) is 27.7 Å². The molecule has 0 saturated carbocycles. The third-order valence-corrected chi connectivity index (χ3v) is 4.85. The normalized spacial score (nSPS) is 19.3. The Morgan fingerprint density at radius 2 is 1.73 bits per heavy atom. The van der Waals surface area contributed by atoms with Crippen molar-refractivity contribution >= 4 is 23.6 Å². The molecule has 1 aromatic carbocycles. The van der Waals surface area contributed by atoms with Crippen molar-refractivity contribution in [3.63, 3.8) is 0 Å². The number of fused-ring (bicyclic) bond motifs is 1. The van der Waals surface area contributed by atoms with Gasteiger partial charge in [0.05, 0.1) is 46.3 Å². The van der Waals surface area contributed by atoms with Crippen LogP contribution in [0.15, 0.2) is 18.3 Å². The fourth-order valence-electron chi connectivity index (χ4n) is 2.72. The number of methoxy groups -OCH3 is 1. The van der Waals surface area contributed by atoms with E-state index in [2.05, 4.69) is 9.97 Å². The third kappa shape index (κ3) is 3.31. The van der Waals surface area contributed by atoms with Gasteiger partial charge in [0.2, 0.25) is 0 Å². The maximum absolute atomic E-state index is 13.4. The first-order valence-electron chi connectivity index (χ1n) is 8.16. The molecule has 140 valence electrons. The summed E-state index contributed by atoms with van der Waals surface area (Å²) in [6, 6.07) is 2.01. The van der Waals surface area contributed by atoms with Crippen LogP contribution in [0.1, 0.15) is 39.0 Å². The second-order valence-electron chi connectivity index (χ2n) is 7.31. The number of benzene rings is 1. The molecular formula is C17H20BF3N2O3. The van der Waals surface area contributed by atoms with E-state index in [0.29, 0.717) is 11.2 Å². The van der Waals surface area contributed by atoms with Crippen molar-refractivity contribution in [1.82, 2.24) is 9.97 Å². The van der Waals surface area contributed by atoms with Gasteiger partial charge >= 0.3 is 13.3 Å². The van der Waals surface area contributed by atoms with E-state index in [4.69, 9.17) is 14.0 Å². The Morgan fingerprint density at radius 1 is 1.12 bits per heavy atom. The highest BCUT2D eigenvalue weighted by molar-refractivity contribution is 6.65. The van der Waals surface area contributed by atoms with Crippen LogP contribution in [0.3, 0.4) is 0 Å². The van der Waals surface area contributed by atoms with Gasteiger partial charge < -0.3 is 14.0 Å². The number of rotatable bonds is 3. The topological polar surface area (TPSA) is 53.5 Å². The maximum Gasteiger partial charge on any atom is 0.497 e. The van der Waals surface area contributed by atoms with Crippen molar-refractivity contribution in [2.75, 3.05) is 7.11 Å². The smallest absolute Gasteiger partial charge is 0.399 e. The molecule has 26 heavy (non-hydrogen) atoms. The van der Waals surface area contributed by atoms with Crippen molar-refractivity contribution in [1.29, 1.82) is 0 Å². The summed E-state index contributed by atoms with van der Waals surface area (Å²) in [6.45, 7) is 7.51. The molecule has 3 rings (SSSR count). The molecule has 0 atom stereocenters. The van der Waals surface area contributed by atoms with Crippen LogP contribution in [0, 0.1) is 0 Å². The molecule has 1 aliphatic rings. The second kappa shape index (κ2) is 6.18. The molecule has 1 aromatic heterocycles. The Bertz CT molecular complexity index is 824. The summed E-state index contributed by atoms with van der Waals surface area (Å²) in [5, 5.41) is 0. The average Bonchev–Trinajstić information content (AvgIpc) is 2.73. The van der Waals surface area contributed by atoms with E-state index < -0.39 is 30.1 Å². The van der Waals surface area contributed by atoms with Crippen molar-refractivity contribution < 1.29 is 27.2 Å². The first kappa shape index (κ1) is 19.1. The van der Waals surface area contributed by atoms with Crippen LogP contribution < -0.4 is 5.46 Å². The third-order valence-electron chi connectivity index (χ3n) is 4.85. The lowest BCUT2D eigenvalue weighted by molar-refractivity contribution is -0.137. The summed E-state index contributed by atoms with van der Waals surface area (Å²) in [5.41, 5.74) is -1.08. The summed E-state index contributed by atoms with van der Waals surface area (Å²) >= 11 is 0. The standard InChI is InChI=1S/C17H20BF3N2O3/c1-15(2)16(3,4)26-18(25-15)12-6-10(17(19,20)21)7-13-14(12)22-8-11(23-13)9-24-5/h6-8H,9H2,1-5H3. The second-order valence-corrected chi connectivity index (χ2v) is 7.31. The molecule has 1 aliphatic heterocycles. The largest absolute Gasteiger partial charge is 0.497 e. The fourth-order valence-corrected chi connectivity index (χ4v) is 2.72. The highest BCUT2D eigenvalue weighted by Gasteiger charge is 2.52. The van der Waals surface area contributed by atoms with E-state index in [1.165, 1.54) is 13.3 Å². The fraction of sp³-hybridized carbons (Fsp3) is 0.529. The van der Waals surface area contributed by atoms with E-state index in [0.717, 1.165) is 12.1 Å². The summed E-state index contributed by atoms with van der Waals surface area (Å²) in [5.74, 6) is 0. The van der Waals surface area contributed by atoms with Crippen LogP contribution in [0.4, 0.5) is 13.2 Å². The molecule has 2 aromatic rings. The highest BCUT2D eigenvalue weighted by atomic mass is 19.4. The van der Waals surface area contributed by atoms with E-state index in [1.54, 1.807) is 0 Å². The van der Waals surface area contributed by atoms with Crippen molar-refractivity contribution in [2.45, 2.75) is 51.7 Å². The monoisotopic (exact) mass is 368 g/mol. The van der Waals surface area contributed by atoms with Gasteiger partial charge in [-0.1, -0.05) is 0 Å². The molecule has 0 N–H and O–H groups in total.